The molecule has 2 fully saturated rings. The SMILES string of the molecule is Cc1ccc(N2CC(C(=O)NCc3cccc(NC(=O)C4CCCC4)c3)CC2=O)cc1. The van der Waals surface area contributed by atoms with E-state index in [1.165, 1.54) is 0 Å². The summed E-state index contributed by atoms with van der Waals surface area (Å²) in [5, 5.41) is 5.95. The predicted octanol–water partition coefficient (Wildman–Crippen LogP) is 3.79. The van der Waals surface area contributed by atoms with Crippen molar-refractivity contribution in [1.82, 2.24) is 5.32 Å². The second-order valence-electron chi connectivity index (χ2n) is 8.63. The third kappa shape index (κ3) is 5.13. The Morgan fingerprint density at radius 1 is 1.00 bits per heavy atom. The molecule has 2 N–H and O–H groups in total. The van der Waals surface area contributed by atoms with Crippen LogP contribution in [0.3, 0.4) is 0 Å². The van der Waals surface area contributed by atoms with Crippen molar-refractivity contribution in [2.45, 2.75) is 45.6 Å². The number of carbonyl (C=O) groups excluding carboxylic acids is 3. The van der Waals surface area contributed by atoms with Gasteiger partial charge in [0.15, 0.2) is 0 Å². The second kappa shape index (κ2) is 9.33. The molecule has 1 aliphatic heterocycles. The fourth-order valence-corrected chi connectivity index (χ4v) is 4.38. The van der Waals surface area contributed by atoms with Crippen molar-refractivity contribution < 1.29 is 14.4 Å². The third-order valence-electron chi connectivity index (χ3n) is 6.23. The number of amides is 3. The van der Waals surface area contributed by atoms with Crippen molar-refractivity contribution in [3.63, 3.8) is 0 Å². The van der Waals surface area contributed by atoms with Crippen LogP contribution in [0, 0.1) is 18.8 Å². The van der Waals surface area contributed by atoms with E-state index >= 15 is 0 Å². The molecule has 3 amide bonds. The number of hydrogen-bond donors (Lipinski definition) is 2. The van der Waals surface area contributed by atoms with E-state index in [4.69, 9.17) is 0 Å². The first-order valence-corrected chi connectivity index (χ1v) is 11.0. The highest BCUT2D eigenvalue weighted by molar-refractivity contribution is 6.00. The van der Waals surface area contributed by atoms with E-state index in [-0.39, 0.29) is 36.0 Å². The van der Waals surface area contributed by atoms with Crippen LogP contribution in [0.15, 0.2) is 48.5 Å². The molecule has 2 aliphatic rings. The number of anilines is 2. The lowest BCUT2D eigenvalue weighted by Gasteiger charge is -2.17. The summed E-state index contributed by atoms with van der Waals surface area (Å²) in [6.07, 6.45) is 4.38. The van der Waals surface area contributed by atoms with Crippen molar-refractivity contribution in [2.75, 3.05) is 16.8 Å². The maximum absolute atomic E-state index is 12.7. The molecule has 1 aliphatic carbocycles. The molecule has 1 saturated heterocycles. The van der Waals surface area contributed by atoms with E-state index in [2.05, 4.69) is 10.6 Å². The first kappa shape index (κ1) is 21.1. The molecule has 6 nitrogen and oxygen atoms in total. The van der Waals surface area contributed by atoms with Crippen LogP contribution >= 0.6 is 0 Å². The van der Waals surface area contributed by atoms with Crippen LogP contribution in [0.25, 0.3) is 0 Å². The van der Waals surface area contributed by atoms with Crippen molar-refractivity contribution in [1.29, 1.82) is 0 Å². The summed E-state index contributed by atoms with van der Waals surface area (Å²) < 4.78 is 0. The fourth-order valence-electron chi connectivity index (χ4n) is 4.38. The Bertz CT molecular complexity index is 964. The second-order valence-corrected chi connectivity index (χ2v) is 8.63. The number of aryl methyl sites for hydroxylation is 1. The summed E-state index contributed by atoms with van der Waals surface area (Å²) in [4.78, 5) is 39.1. The Hall–Kier alpha value is -3.15. The number of benzene rings is 2. The molecule has 1 saturated carbocycles. The Labute approximate surface area is 183 Å². The van der Waals surface area contributed by atoms with Gasteiger partial charge < -0.3 is 15.5 Å². The first-order valence-electron chi connectivity index (χ1n) is 11.0. The normalized spacial score (nSPS) is 18.9. The van der Waals surface area contributed by atoms with Crippen molar-refractivity contribution >= 4 is 29.1 Å². The van der Waals surface area contributed by atoms with E-state index < -0.39 is 0 Å². The minimum Gasteiger partial charge on any atom is -0.352 e. The zero-order valence-electron chi connectivity index (χ0n) is 17.9. The van der Waals surface area contributed by atoms with Gasteiger partial charge in [-0.2, -0.15) is 0 Å². The van der Waals surface area contributed by atoms with Gasteiger partial charge in [-0.05, 0) is 49.6 Å². The molecule has 4 rings (SSSR count). The van der Waals surface area contributed by atoms with Crippen LogP contribution in [0.2, 0.25) is 0 Å². The molecule has 0 bridgehead atoms. The molecule has 0 aromatic heterocycles. The summed E-state index contributed by atoms with van der Waals surface area (Å²) in [7, 11) is 0. The lowest BCUT2D eigenvalue weighted by molar-refractivity contribution is -0.126. The number of carbonyl (C=O) groups is 3. The molecular formula is C25H29N3O3. The van der Waals surface area contributed by atoms with Crippen molar-refractivity contribution in [2.24, 2.45) is 11.8 Å². The topological polar surface area (TPSA) is 78.5 Å². The van der Waals surface area contributed by atoms with Gasteiger partial charge >= 0.3 is 0 Å². The number of rotatable bonds is 6. The Balaban J connectivity index is 1.31. The average Bonchev–Trinajstić information content (AvgIpc) is 3.43. The Kier molecular flexibility index (Phi) is 6.35. The number of nitrogens with zero attached hydrogens (tertiary/aromatic N) is 1. The highest BCUT2D eigenvalue weighted by Crippen LogP contribution is 2.27. The van der Waals surface area contributed by atoms with Gasteiger partial charge in [-0.3, -0.25) is 14.4 Å². The number of hydrogen-bond acceptors (Lipinski definition) is 3. The van der Waals surface area contributed by atoms with Gasteiger partial charge in [-0.15, -0.1) is 0 Å². The highest BCUT2D eigenvalue weighted by atomic mass is 16.2. The van der Waals surface area contributed by atoms with E-state index in [1.807, 2.05) is 55.5 Å². The van der Waals surface area contributed by atoms with Gasteiger partial charge in [0.2, 0.25) is 17.7 Å². The predicted molar refractivity (Wildman–Crippen MR) is 121 cm³/mol. The van der Waals surface area contributed by atoms with Crippen LogP contribution in [0.4, 0.5) is 11.4 Å². The first-order chi connectivity index (χ1) is 15.0. The molecule has 1 atom stereocenters. The van der Waals surface area contributed by atoms with Crippen molar-refractivity contribution in [3.8, 4) is 0 Å². The summed E-state index contributed by atoms with van der Waals surface area (Å²) in [5.41, 5.74) is 3.63. The van der Waals surface area contributed by atoms with E-state index in [1.54, 1.807) is 4.90 Å². The molecule has 1 heterocycles. The zero-order chi connectivity index (χ0) is 21.8. The van der Waals surface area contributed by atoms with E-state index in [0.29, 0.717) is 13.1 Å². The van der Waals surface area contributed by atoms with Crippen LogP contribution in [-0.2, 0) is 20.9 Å². The average molecular weight is 420 g/mol. The van der Waals surface area contributed by atoms with Gasteiger partial charge in [-0.25, -0.2) is 0 Å². The van der Waals surface area contributed by atoms with Gasteiger partial charge in [0.1, 0.15) is 0 Å². The van der Waals surface area contributed by atoms with Crippen LogP contribution in [0.5, 0.6) is 0 Å². The monoisotopic (exact) mass is 419 g/mol. The minimum absolute atomic E-state index is 0.0272. The van der Waals surface area contributed by atoms with Crippen molar-refractivity contribution in [3.05, 3.63) is 59.7 Å². The van der Waals surface area contributed by atoms with Gasteiger partial charge in [-0.1, -0.05) is 42.7 Å². The summed E-state index contributed by atoms with van der Waals surface area (Å²) >= 11 is 0. The largest absolute Gasteiger partial charge is 0.352 e. The lowest BCUT2D eigenvalue weighted by atomic mass is 10.1. The Morgan fingerprint density at radius 2 is 1.74 bits per heavy atom. The molecule has 31 heavy (non-hydrogen) atoms. The maximum Gasteiger partial charge on any atom is 0.227 e. The standard InChI is InChI=1S/C25H29N3O3/c1-17-9-11-22(12-10-17)28-16-20(14-23(28)29)24(30)26-15-18-5-4-8-21(13-18)27-25(31)19-6-2-3-7-19/h4-5,8-13,19-20H,2-3,6-7,14-16H2,1H3,(H,26,30)(H,27,31). The van der Waals surface area contributed by atoms with Gasteiger partial charge in [0.25, 0.3) is 0 Å². The summed E-state index contributed by atoms with van der Waals surface area (Å²) in [6, 6.07) is 15.3. The molecule has 0 radical (unpaired) electrons. The molecule has 2 aromatic rings. The fraction of sp³-hybridized carbons (Fsp3) is 0.400. The van der Waals surface area contributed by atoms with Gasteiger partial charge in [0.05, 0.1) is 5.92 Å². The minimum atomic E-state index is -0.362. The highest BCUT2D eigenvalue weighted by Gasteiger charge is 2.35. The molecule has 2 aromatic carbocycles. The lowest BCUT2D eigenvalue weighted by Crippen LogP contribution is -2.32. The Morgan fingerprint density at radius 3 is 2.48 bits per heavy atom. The van der Waals surface area contributed by atoms with Crippen LogP contribution < -0.4 is 15.5 Å². The molecule has 1 unspecified atom stereocenters. The zero-order valence-corrected chi connectivity index (χ0v) is 17.9. The summed E-state index contributed by atoms with van der Waals surface area (Å²) in [5.74, 6) is -0.317. The summed E-state index contributed by atoms with van der Waals surface area (Å²) in [6.45, 7) is 2.76. The molecule has 0 spiro atoms. The molecule has 162 valence electrons. The van der Waals surface area contributed by atoms with Crippen LogP contribution in [0.1, 0.15) is 43.2 Å². The maximum atomic E-state index is 12.7. The molecule has 6 heteroatoms. The van der Waals surface area contributed by atoms with E-state index in [9.17, 15) is 14.4 Å². The molecular weight excluding hydrogens is 390 g/mol. The smallest absolute Gasteiger partial charge is 0.227 e. The third-order valence-corrected chi connectivity index (χ3v) is 6.23. The quantitative estimate of drug-likeness (QED) is 0.748. The van der Waals surface area contributed by atoms with Gasteiger partial charge in [0, 0.05) is 36.8 Å². The van der Waals surface area contributed by atoms with E-state index in [0.717, 1.165) is 48.2 Å². The number of nitrogens with one attached hydrogen (secondary N) is 2. The van der Waals surface area contributed by atoms with Crippen LogP contribution in [-0.4, -0.2) is 24.3 Å².